The van der Waals surface area contributed by atoms with Crippen molar-refractivity contribution in [2.24, 2.45) is 0 Å². The molecule has 4 rings (SSSR count). The van der Waals surface area contributed by atoms with Crippen LogP contribution in [0.25, 0.3) is 0 Å². The largest absolute Gasteiger partial charge is 0.359 e. The van der Waals surface area contributed by atoms with Gasteiger partial charge in [-0.2, -0.15) is 4.31 Å². The number of benzene rings is 1. The summed E-state index contributed by atoms with van der Waals surface area (Å²) in [6.07, 6.45) is 2.91. The number of sulfonamides is 1. The van der Waals surface area contributed by atoms with Gasteiger partial charge in [0, 0.05) is 36.2 Å². The fourth-order valence-corrected chi connectivity index (χ4v) is 6.74. The first-order valence-electron chi connectivity index (χ1n) is 9.40. The number of nitrogens with zero attached hydrogens (tertiary/aromatic N) is 3. The van der Waals surface area contributed by atoms with Crippen molar-refractivity contribution in [3.8, 4) is 0 Å². The molecule has 0 saturated carbocycles. The monoisotopic (exact) mass is 467 g/mol. The average molecular weight is 468 g/mol. The van der Waals surface area contributed by atoms with Gasteiger partial charge in [-0.15, -0.1) is 0 Å². The van der Waals surface area contributed by atoms with Gasteiger partial charge in [-0.05, 0) is 59.3 Å². The van der Waals surface area contributed by atoms with Crippen molar-refractivity contribution < 1.29 is 17.7 Å². The molecule has 1 fully saturated rings. The van der Waals surface area contributed by atoms with Gasteiger partial charge in [-0.25, -0.2) is 8.42 Å². The van der Waals surface area contributed by atoms with E-state index in [9.17, 15) is 13.2 Å². The van der Waals surface area contributed by atoms with E-state index in [1.165, 1.54) is 11.2 Å². The number of carbonyl (C=O) groups excluding carboxylic acids is 1. The van der Waals surface area contributed by atoms with Crippen molar-refractivity contribution in [1.29, 1.82) is 0 Å². The summed E-state index contributed by atoms with van der Waals surface area (Å²) in [6.45, 7) is 4.48. The van der Waals surface area contributed by atoms with E-state index in [0.717, 1.165) is 30.5 Å². The van der Waals surface area contributed by atoms with Crippen LogP contribution in [0.3, 0.4) is 0 Å². The third kappa shape index (κ3) is 3.19. The Balaban J connectivity index is 1.74. The first-order chi connectivity index (χ1) is 13.3. The summed E-state index contributed by atoms with van der Waals surface area (Å²) in [4.78, 5) is 13.7. The average Bonchev–Trinajstić information content (AvgIpc) is 3.38. The first-order valence-corrected chi connectivity index (χ1v) is 11.6. The van der Waals surface area contributed by atoms with E-state index in [0.29, 0.717) is 35.4 Å². The maximum absolute atomic E-state index is 13.5. The molecule has 0 radical (unpaired) electrons. The quantitative estimate of drug-likeness (QED) is 0.687. The van der Waals surface area contributed by atoms with E-state index in [-0.39, 0.29) is 16.8 Å². The van der Waals surface area contributed by atoms with Gasteiger partial charge in [0.05, 0.1) is 16.6 Å². The minimum Gasteiger partial charge on any atom is -0.359 e. The van der Waals surface area contributed by atoms with Crippen LogP contribution < -0.4 is 4.90 Å². The Bertz CT molecular complexity index is 1030. The minimum atomic E-state index is -3.77. The lowest BCUT2D eigenvalue weighted by molar-refractivity contribution is -0.116. The van der Waals surface area contributed by atoms with Crippen LogP contribution in [-0.2, 0) is 27.7 Å². The second kappa shape index (κ2) is 7.27. The molecule has 1 aromatic heterocycles. The molecule has 0 aliphatic carbocycles. The predicted molar refractivity (Wildman–Crippen MR) is 108 cm³/mol. The number of aryl methyl sites for hydroxylation is 1. The zero-order chi connectivity index (χ0) is 20.1. The Labute approximate surface area is 172 Å². The molecule has 2 aliphatic rings. The highest BCUT2D eigenvalue weighted by Crippen LogP contribution is 2.41. The molecule has 150 valence electrons. The zero-order valence-corrected chi connectivity index (χ0v) is 18.2. The molecule has 2 aromatic rings. The lowest BCUT2D eigenvalue weighted by Crippen LogP contribution is -2.31. The summed E-state index contributed by atoms with van der Waals surface area (Å²) < 4.78 is 34.5. The van der Waals surface area contributed by atoms with E-state index >= 15 is 0 Å². The van der Waals surface area contributed by atoms with Crippen LogP contribution in [0.15, 0.2) is 32.1 Å². The molecule has 9 heteroatoms. The number of carbonyl (C=O) groups is 1. The van der Waals surface area contributed by atoms with Gasteiger partial charge in [0.15, 0.2) is 5.76 Å². The van der Waals surface area contributed by atoms with Crippen molar-refractivity contribution in [3.63, 3.8) is 0 Å². The van der Waals surface area contributed by atoms with Crippen molar-refractivity contribution >= 4 is 37.5 Å². The molecule has 1 amide bonds. The Hall–Kier alpha value is -1.71. The van der Waals surface area contributed by atoms with E-state index < -0.39 is 10.0 Å². The number of halogens is 1. The highest BCUT2D eigenvalue weighted by molar-refractivity contribution is 9.10. The number of rotatable bonds is 4. The van der Waals surface area contributed by atoms with Crippen LogP contribution in [0, 0.1) is 0 Å². The lowest BCUT2D eigenvalue weighted by Gasteiger charge is -2.24. The fourth-order valence-electron chi connectivity index (χ4n) is 4.00. The van der Waals surface area contributed by atoms with Gasteiger partial charge in [0.1, 0.15) is 0 Å². The number of hydrogen-bond donors (Lipinski definition) is 0. The maximum atomic E-state index is 13.5. The number of anilines is 1. The predicted octanol–water partition coefficient (Wildman–Crippen LogP) is 3.43. The van der Waals surface area contributed by atoms with Crippen molar-refractivity contribution in [3.05, 3.63) is 39.7 Å². The highest BCUT2D eigenvalue weighted by Gasteiger charge is 2.40. The van der Waals surface area contributed by atoms with Crippen molar-refractivity contribution in [1.82, 2.24) is 9.46 Å². The van der Waals surface area contributed by atoms with Crippen molar-refractivity contribution in [2.75, 3.05) is 18.0 Å². The summed E-state index contributed by atoms with van der Waals surface area (Å²) in [5, 5.41) is 4.01. The maximum Gasteiger partial charge on any atom is 0.244 e. The number of aromatic nitrogens is 1. The summed E-state index contributed by atoms with van der Waals surface area (Å²) in [5.74, 6) is 0.498. The fraction of sp³-hybridized carbons (Fsp3) is 0.474. The molecular formula is C19H22BrN3O4S. The van der Waals surface area contributed by atoms with E-state index in [4.69, 9.17) is 4.52 Å². The van der Waals surface area contributed by atoms with Gasteiger partial charge in [0.2, 0.25) is 15.9 Å². The standard InChI is InChI=1S/C19H22BrN3O4S/c1-3-14-10-18(27-21-14)16-5-4-7-23(16)28(25,26)19-11-17-13(9-15(19)20)6-8-22(17)12(2)24/h9-11,16H,3-8H2,1-2H3/t16-/m1/s1. The second-order valence-corrected chi connectivity index (χ2v) is 9.89. The van der Waals surface area contributed by atoms with Crippen LogP contribution in [0.4, 0.5) is 5.69 Å². The Kier molecular flexibility index (Phi) is 5.09. The normalized spacial score (nSPS) is 20.0. The van der Waals surface area contributed by atoms with Crippen LogP contribution in [0.5, 0.6) is 0 Å². The van der Waals surface area contributed by atoms with Crippen molar-refractivity contribution in [2.45, 2.75) is 50.5 Å². The summed E-state index contributed by atoms with van der Waals surface area (Å²) in [6, 6.07) is 4.92. The number of hydrogen-bond acceptors (Lipinski definition) is 5. The van der Waals surface area contributed by atoms with Gasteiger partial charge < -0.3 is 9.42 Å². The van der Waals surface area contributed by atoms with Crippen LogP contribution in [-0.4, -0.2) is 36.9 Å². The molecule has 0 N–H and O–H groups in total. The third-order valence-corrected chi connectivity index (χ3v) is 8.33. The minimum absolute atomic E-state index is 0.0859. The van der Waals surface area contributed by atoms with E-state index in [1.54, 1.807) is 11.0 Å². The molecule has 7 nitrogen and oxygen atoms in total. The number of fused-ring (bicyclic) bond motifs is 1. The molecule has 28 heavy (non-hydrogen) atoms. The summed E-state index contributed by atoms with van der Waals surface area (Å²) in [7, 11) is -3.77. The molecule has 0 unspecified atom stereocenters. The molecule has 0 spiro atoms. The zero-order valence-electron chi connectivity index (χ0n) is 15.8. The van der Waals surface area contributed by atoms with E-state index in [2.05, 4.69) is 21.1 Å². The molecular weight excluding hydrogens is 446 g/mol. The molecule has 1 atom stereocenters. The van der Waals surface area contributed by atoms with Crippen LogP contribution in [0.1, 0.15) is 49.7 Å². The van der Waals surface area contributed by atoms with Gasteiger partial charge in [-0.3, -0.25) is 4.79 Å². The molecule has 1 saturated heterocycles. The molecule has 0 bridgehead atoms. The van der Waals surface area contributed by atoms with Gasteiger partial charge >= 0.3 is 0 Å². The Morgan fingerprint density at radius 3 is 2.79 bits per heavy atom. The van der Waals surface area contributed by atoms with Crippen LogP contribution >= 0.6 is 15.9 Å². The second-order valence-electron chi connectivity index (χ2n) is 7.18. The van der Waals surface area contributed by atoms with Gasteiger partial charge in [-0.1, -0.05) is 12.1 Å². The Morgan fingerprint density at radius 2 is 2.11 bits per heavy atom. The Morgan fingerprint density at radius 1 is 1.32 bits per heavy atom. The SMILES string of the molecule is CCc1cc([C@H]2CCCN2S(=O)(=O)c2cc3c(cc2Br)CCN3C(C)=O)on1. The first kappa shape index (κ1) is 19.6. The molecule has 1 aromatic carbocycles. The molecule has 3 heterocycles. The highest BCUT2D eigenvalue weighted by atomic mass is 79.9. The smallest absolute Gasteiger partial charge is 0.244 e. The van der Waals surface area contributed by atoms with Gasteiger partial charge in [0.25, 0.3) is 0 Å². The molecule has 2 aliphatic heterocycles. The topological polar surface area (TPSA) is 83.7 Å². The number of amides is 1. The summed E-state index contributed by atoms with van der Waals surface area (Å²) in [5.41, 5.74) is 2.47. The lowest BCUT2D eigenvalue weighted by atomic mass is 10.1. The van der Waals surface area contributed by atoms with E-state index in [1.807, 2.05) is 19.1 Å². The van der Waals surface area contributed by atoms with Crippen LogP contribution in [0.2, 0.25) is 0 Å². The third-order valence-electron chi connectivity index (χ3n) is 5.47. The summed E-state index contributed by atoms with van der Waals surface area (Å²) >= 11 is 3.44.